The summed E-state index contributed by atoms with van der Waals surface area (Å²) in [6, 6.07) is 0. The van der Waals surface area contributed by atoms with Crippen molar-refractivity contribution < 1.29 is 26.3 Å². The van der Waals surface area contributed by atoms with E-state index in [-0.39, 0.29) is 5.56 Å². The van der Waals surface area contributed by atoms with E-state index in [4.69, 9.17) is 4.74 Å². The van der Waals surface area contributed by atoms with Gasteiger partial charge in [0.1, 0.15) is 10.6 Å². The van der Waals surface area contributed by atoms with E-state index >= 15 is 0 Å². The van der Waals surface area contributed by atoms with Crippen molar-refractivity contribution in [1.82, 2.24) is 0 Å². The molecule has 7 heteroatoms. The molecule has 102 valence electrons. The lowest BCUT2D eigenvalue weighted by atomic mass is 10.2. The van der Waals surface area contributed by atoms with Crippen LogP contribution in [0, 0.1) is 24.4 Å². The van der Waals surface area contributed by atoms with Crippen molar-refractivity contribution in [3.8, 4) is 5.75 Å². The quantitative estimate of drug-likeness (QED) is 0.632. The Bertz CT molecular complexity index is 580. The van der Waals surface area contributed by atoms with E-state index in [1.54, 1.807) is 0 Å². The summed E-state index contributed by atoms with van der Waals surface area (Å²) >= 11 is 0. The third-order valence-corrected chi connectivity index (χ3v) is 4.74. The van der Waals surface area contributed by atoms with E-state index in [0.29, 0.717) is 0 Å². The predicted octanol–water partition coefficient (Wildman–Crippen LogP) is 2.60. The molecule has 0 heterocycles. The van der Waals surface area contributed by atoms with Crippen LogP contribution in [0.5, 0.6) is 5.75 Å². The summed E-state index contributed by atoms with van der Waals surface area (Å²) in [7, 11) is -3.05. The van der Waals surface area contributed by atoms with E-state index in [2.05, 4.69) is 0 Å². The van der Waals surface area contributed by atoms with Crippen molar-refractivity contribution in [3.63, 3.8) is 0 Å². The van der Waals surface area contributed by atoms with Gasteiger partial charge in [-0.05, 0) is 20.8 Å². The van der Waals surface area contributed by atoms with Crippen LogP contribution in [0.3, 0.4) is 0 Å². The molecule has 0 bridgehead atoms. The van der Waals surface area contributed by atoms with Gasteiger partial charge in [0.15, 0.2) is 27.3 Å². The van der Waals surface area contributed by atoms with Gasteiger partial charge in [0.05, 0.1) is 12.4 Å². The molecule has 0 saturated heterocycles. The summed E-state index contributed by atoms with van der Waals surface area (Å²) < 4.78 is 68.9. The van der Waals surface area contributed by atoms with Gasteiger partial charge in [-0.25, -0.2) is 21.6 Å². The van der Waals surface area contributed by atoms with Gasteiger partial charge in [0.25, 0.3) is 0 Å². The fourth-order valence-electron chi connectivity index (χ4n) is 1.47. The van der Waals surface area contributed by atoms with Crippen molar-refractivity contribution in [1.29, 1.82) is 0 Å². The van der Waals surface area contributed by atoms with Gasteiger partial charge in [0, 0.05) is 5.56 Å². The minimum atomic E-state index is -4.12. The number of halogens is 3. The fraction of sp³-hybridized carbons (Fsp3) is 0.455. The summed E-state index contributed by atoms with van der Waals surface area (Å²) in [5, 5.41) is -0.981. The Labute approximate surface area is 103 Å². The zero-order valence-electron chi connectivity index (χ0n) is 10.3. The van der Waals surface area contributed by atoms with E-state index in [1.165, 1.54) is 13.8 Å². The molecule has 18 heavy (non-hydrogen) atoms. The molecule has 0 aliphatic rings. The van der Waals surface area contributed by atoms with Gasteiger partial charge in [-0.2, -0.15) is 0 Å². The number of ether oxygens (including phenoxy) is 1. The van der Waals surface area contributed by atoms with E-state index in [0.717, 1.165) is 14.0 Å². The lowest BCUT2D eigenvalue weighted by Crippen LogP contribution is -2.19. The molecule has 3 nitrogen and oxygen atoms in total. The maximum atomic E-state index is 13.7. The Kier molecular flexibility index (Phi) is 3.95. The summed E-state index contributed by atoms with van der Waals surface area (Å²) in [4.78, 5) is -0.934. The Morgan fingerprint density at radius 1 is 1.06 bits per heavy atom. The molecule has 0 amide bonds. The first-order chi connectivity index (χ1) is 8.16. The molecule has 0 saturated carbocycles. The standard InChI is InChI=1S/C11H13F3O3S/c1-5(2)18(15,16)11-9(14)8(13)7(12)6(3)10(11)17-4/h5H,1-4H3. The third kappa shape index (κ3) is 2.07. The smallest absolute Gasteiger partial charge is 0.196 e. The average molecular weight is 282 g/mol. The van der Waals surface area contributed by atoms with Crippen LogP contribution in [-0.4, -0.2) is 20.8 Å². The molecule has 0 atom stereocenters. The van der Waals surface area contributed by atoms with Crippen LogP contribution in [0.1, 0.15) is 19.4 Å². The van der Waals surface area contributed by atoms with Crippen LogP contribution in [0.25, 0.3) is 0 Å². The second-order valence-electron chi connectivity index (χ2n) is 4.02. The molecular formula is C11H13F3O3S. The van der Waals surface area contributed by atoms with Crippen LogP contribution in [-0.2, 0) is 9.84 Å². The monoisotopic (exact) mass is 282 g/mol. The normalized spacial score (nSPS) is 12.0. The van der Waals surface area contributed by atoms with Crippen molar-refractivity contribution in [3.05, 3.63) is 23.0 Å². The largest absolute Gasteiger partial charge is 0.495 e. The number of hydrogen-bond donors (Lipinski definition) is 0. The highest BCUT2D eigenvalue weighted by Gasteiger charge is 2.33. The van der Waals surface area contributed by atoms with Crippen molar-refractivity contribution in [2.75, 3.05) is 7.11 Å². The highest BCUT2D eigenvalue weighted by atomic mass is 32.2. The topological polar surface area (TPSA) is 43.4 Å². The number of rotatable bonds is 3. The number of sulfone groups is 1. The Morgan fingerprint density at radius 2 is 1.56 bits per heavy atom. The number of hydrogen-bond acceptors (Lipinski definition) is 3. The van der Waals surface area contributed by atoms with Crippen LogP contribution < -0.4 is 4.74 Å². The Hall–Kier alpha value is -1.24. The second-order valence-corrected chi connectivity index (χ2v) is 6.46. The van der Waals surface area contributed by atoms with Gasteiger partial charge in [-0.3, -0.25) is 0 Å². The lowest BCUT2D eigenvalue weighted by molar-refractivity contribution is 0.364. The first kappa shape index (κ1) is 14.8. The molecule has 1 aromatic carbocycles. The zero-order chi connectivity index (χ0) is 14.2. The Balaban J connectivity index is 3.85. The molecule has 0 aliphatic carbocycles. The first-order valence-corrected chi connectivity index (χ1v) is 6.65. The predicted molar refractivity (Wildman–Crippen MR) is 59.9 cm³/mol. The summed E-state index contributed by atoms with van der Waals surface area (Å²) in [5.74, 6) is -5.51. The number of benzene rings is 1. The molecule has 0 spiro atoms. The van der Waals surface area contributed by atoms with Crippen LogP contribution >= 0.6 is 0 Å². The zero-order valence-corrected chi connectivity index (χ0v) is 11.2. The summed E-state index contributed by atoms with van der Waals surface area (Å²) in [5.41, 5.74) is -0.379. The highest BCUT2D eigenvalue weighted by molar-refractivity contribution is 7.92. The van der Waals surface area contributed by atoms with Gasteiger partial charge in [0.2, 0.25) is 0 Å². The van der Waals surface area contributed by atoms with Crippen molar-refractivity contribution in [2.24, 2.45) is 0 Å². The molecule has 0 fully saturated rings. The summed E-state index contributed by atoms with van der Waals surface area (Å²) in [6.45, 7) is 3.74. The van der Waals surface area contributed by atoms with Crippen LogP contribution in [0.15, 0.2) is 4.90 Å². The SMILES string of the molecule is COc1c(C)c(F)c(F)c(F)c1S(=O)(=O)C(C)C. The average Bonchev–Trinajstić information content (AvgIpc) is 2.30. The van der Waals surface area contributed by atoms with Crippen molar-refractivity contribution >= 4 is 9.84 Å². The molecule has 1 rings (SSSR count). The number of methoxy groups -OCH3 is 1. The third-order valence-electron chi connectivity index (χ3n) is 2.57. The molecule has 0 N–H and O–H groups in total. The second kappa shape index (κ2) is 4.79. The molecule has 1 aromatic rings. The van der Waals surface area contributed by atoms with E-state index in [9.17, 15) is 21.6 Å². The molecular weight excluding hydrogens is 269 g/mol. The minimum absolute atomic E-state index is 0.379. The van der Waals surface area contributed by atoms with E-state index in [1.807, 2.05) is 0 Å². The van der Waals surface area contributed by atoms with Crippen LogP contribution in [0.2, 0.25) is 0 Å². The van der Waals surface area contributed by atoms with Gasteiger partial charge >= 0.3 is 0 Å². The highest BCUT2D eigenvalue weighted by Crippen LogP contribution is 2.36. The first-order valence-electron chi connectivity index (χ1n) is 5.11. The molecule has 0 aromatic heterocycles. The fourth-order valence-corrected chi connectivity index (χ4v) is 2.77. The lowest BCUT2D eigenvalue weighted by Gasteiger charge is -2.16. The molecule has 0 unspecified atom stereocenters. The Morgan fingerprint density at radius 3 is 1.94 bits per heavy atom. The molecule has 0 aliphatic heterocycles. The van der Waals surface area contributed by atoms with Crippen LogP contribution in [0.4, 0.5) is 13.2 Å². The molecule has 0 radical (unpaired) electrons. The summed E-state index contributed by atoms with van der Waals surface area (Å²) in [6.07, 6.45) is 0. The van der Waals surface area contributed by atoms with Gasteiger partial charge in [-0.15, -0.1) is 0 Å². The van der Waals surface area contributed by atoms with Gasteiger partial charge in [-0.1, -0.05) is 0 Å². The van der Waals surface area contributed by atoms with Crippen molar-refractivity contribution in [2.45, 2.75) is 30.9 Å². The van der Waals surface area contributed by atoms with E-state index < -0.39 is 43.2 Å². The van der Waals surface area contributed by atoms with Gasteiger partial charge < -0.3 is 4.74 Å². The maximum absolute atomic E-state index is 13.7. The maximum Gasteiger partial charge on any atom is 0.196 e. The minimum Gasteiger partial charge on any atom is -0.495 e.